The van der Waals surface area contributed by atoms with Crippen LogP contribution in [0.15, 0.2) is 54.7 Å². The number of nitrogens with one attached hydrogen (secondary N) is 2. The molecule has 3 rings (SSSR count). The molecule has 0 fully saturated rings. The van der Waals surface area contributed by atoms with E-state index in [0.29, 0.717) is 23.9 Å². The van der Waals surface area contributed by atoms with Crippen LogP contribution >= 0.6 is 0 Å². The molecule has 0 saturated carbocycles. The van der Waals surface area contributed by atoms with Crippen molar-refractivity contribution < 1.29 is 9.53 Å². The van der Waals surface area contributed by atoms with Crippen molar-refractivity contribution in [1.29, 1.82) is 0 Å². The Bertz CT molecular complexity index is 896. The smallest absolute Gasteiger partial charge is 0.337 e. The van der Waals surface area contributed by atoms with Gasteiger partial charge in [-0.05, 0) is 36.8 Å². The summed E-state index contributed by atoms with van der Waals surface area (Å²) in [5, 5.41) is 14.2. The zero-order valence-corrected chi connectivity index (χ0v) is 14.6. The molecule has 0 aliphatic rings. The molecule has 0 unspecified atom stereocenters. The van der Waals surface area contributed by atoms with Crippen LogP contribution in [0.25, 0.3) is 0 Å². The van der Waals surface area contributed by atoms with E-state index in [1.54, 1.807) is 24.3 Å². The van der Waals surface area contributed by atoms with Crippen LogP contribution < -0.4 is 10.6 Å². The van der Waals surface area contributed by atoms with E-state index in [4.69, 9.17) is 0 Å². The van der Waals surface area contributed by atoms with Gasteiger partial charge in [0.05, 0.1) is 18.9 Å². The number of methoxy groups -OCH3 is 1. The molecular weight excluding hydrogens is 330 g/mol. The zero-order valence-electron chi connectivity index (χ0n) is 14.6. The maximum absolute atomic E-state index is 11.5. The molecule has 0 aliphatic heterocycles. The van der Waals surface area contributed by atoms with Crippen LogP contribution in [0.2, 0.25) is 0 Å². The number of aryl methyl sites for hydroxylation is 1. The molecule has 0 amide bonds. The number of esters is 1. The second kappa shape index (κ2) is 8.06. The van der Waals surface area contributed by atoms with Crippen LogP contribution in [0, 0.1) is 6.92 Å². The molecule has 0 radical (unpaired) electrons. The molecule has 3 aromatic rings. The van der Waals surface area contributed by atoms with Crippen LogP contribution in [0.3, 0.4) is 0 Å². The molecule has 0 bridgehead atoms. The zero-order chi connectivity index (χ0) is 18.4. The van der Waals surface area contributed by atoms with Crippen LogP contribution in [-0.4, -0.2) is 28.3 Å². The van der Waals surface area contributed by atoms with Crippen molar-refractivity contribution in [1.82, 2.24) is 15.2 Å². The molecule has 0 atom stereocenters. The van der Waals surface area contributed by atoms with Gasteiger partial charge in [0.1, 0.15) is 0 Å². The number of carbonyl (C=O) groups is 1. The summed E-state index contributed by atoms with van der Waals surface area (Å²) in [6.07, 6.45) is 1.53. The van der Waals surface area contributed by atoms with Crippen LogP contribution in [-0.2, 0) is 11.3 Å². The number of carbonyl (C=O) groups excluding carboxylic acids is 1. The van der Waals surface area contributed by atoms with Crippen molar-refractivity contribution in [3.05, 3.63) is 71.4 Å². The van der Waals surface area contributed by atoms with Gasteiger partial charge in [-0.25, -0.2) is 4.79 Å². The third-order valence-electron chi connectivity index (χ3n) is 3.67. The fraction of sp³-hybridized carbons (Fsp3) is 0.158. The van der Waals surface area contributed by atoms with E-state index in [2.05, 4.69) is 49.6 Å². The normalized spacial score (nSPS) is 10.2. The van der Waals surface area contributed by atoms with Gasteiger partial charge in [0.15, 0.2) is 5.82 Å². The van der Waals surface area contributed by atoms with Crippen molar-refractivity contribution in [2.75, 3.05) is 17.7 Å². The number of hydrogen-bond acceptors (Lipinski definition) is 7. The van der Waals surface area contributed by atoms with E-state index in [0.717, 1.165) is 11.3 Å². The summed E-state index contributed by atoms with van der Waals surface area (Å²) in [4.78, 5) is 15.8. The minimum Gasteiger partial charge on any atom is -0.465 e. The van der Waals surface area contributed by atoms with Gasteiger partial charge in [0.25, 0.3) is 0 Å². The topological polar surface area (TPSA) is 89.0 Å². The number of hydrogen-bond donors (Lipinski definition) is 2. The lowest BCUT2D eigenvalue weighted by molar-refractivity contribution is 0.0601. The van der Waals surface area contributed by atoms with Crippen LogP contribution in [0.1, 0.15) is 21.5 Å². The first kappa shape index (κ1) is 17.3. The maximum atomic E-state index is 11.5. The Morgan fingerprint density at radius 1 is 1.15 bits per heavy atom. The monoisotopic (exact) mass is 349 g/mol. The molecule has 7 heteroatoms. The van der Waals surface area contributed by atoms with E-state index >= 15 is 0 Å². The molecule has 26 heavy (non-hydrogen) atoms. The predicted octanol–water partition coefficient (Wildman–Crippen LogP) is 3.32. The van der Waals surface area contributed by atoms with Crippen molar-refractivity contribution >= 4 is 23.4 Å². The van der Waals surface area contributed by atoms with Crippen molar-refractivity contribution in [3.8, 4) is 0 Å². The Kier molecular flexibility index (Phi) is 5.38. The van der Waals surface area contributed by atoms with Gasteiger partial charge in [-0.1, -0.05) is 29.8 Å². The second-order valence-electron chi connectivity index (χ2n) is 5.70. The van der Waals surface area contributed by atoms with Crippen molar-refractivity contribution in [2.45, 2.75) is 13.5 Å². The average molecular weight is 349 g/mol. The van der Waals surface area contributed by atoms with Gasteiger partial charge in [0.2, 0.25) is 5.95 Å². The largest absolute Gasteiger partial charge is 0.465 e. The summed E-state index contributed by atoms with van der Waals surface area (Å²) >= 11 is 0. The number of aromatic nitrogens is 3. The van der Waals surface area contributed by atoms with Crippen molar-refractivity contribution in [2.24, 2.45) is 0 Å². The SMILES string of the molecule is COC(=O)c1ccc(Nc2cnnc(NCc3cccc(C)c3)n2)cc1. The summed E-state index contributed by atoms with van der Waals surface area (Å²) in [6.45, 7) is 2.66. The van der Waals surface area contributed by atoms with Gasteiger partial charge in [-0.2, -0.15) is 10.1 Å². The molecule has 7 nitrogen and oxygen atoms in total. The number of rotatable bonds is 6. The highest BCUT2D eigenvalue weighted by Gasteiger charge is 2.05. The van der Waals surface area contributed by atoms with Gasteiger partial charge < -0.3 is 15.4 Å². The fourth-order valence-electron chi connectivity index (χ4n) is 2.40. The first-order valence-electron chi connectivity index (χ1n) is 8.08. The maximum Gasteiger partial charge on any atom is 0.337 e. The Morgan fingerprint density at radius 3 is 2.69 bits per heavy atom. The summed E-state index contributed by atoms with van der Waals surface area (Å²) in [5.41, 5.74) is 3.61. The molecule has 132 valence electrons. The lowest BCUT2D eigenvalue weighted by atomic mass is 10.1. The number of anilines is 3. The van der Waals surface area contributed by atoms with E-state index in [-0.39, 0.29) is 5.97 Å². The van der Waals surface area contributed by atoms with Gasteiger partial charge in [-0.15, -0.1) is 5.10 Å². The highest BCUT2D eigenvalue weighted by atomic mass is 16.5. The molecule has 0 saturated heterocycles. The standard InChI is InChI=1S/C19H19N5O2/c1-13-4-3-5-14(10-13)11-20-19-23-17(12-21-24-19)22-16-8-6-15(7-9-16)18(25)26-2/h3-10,12H,11H2,1-2H3,(H2,20,22,23,24). The van der Waals surface area contributed by atoms with Gasteiger partial charge >= 0.3 is 5.97 Å². The molecule has 1 heterocycles. The molecule has 0 spiro atoms. The summed E-state index contributed by atoms with van der Waals surface area (Å²) < 4.78 is 4.68. The fourth-order valence-corrected chi connectivity index (χ4v) is 2.40. The first-order chi connectivity index (χ1) is 12.6. The minimum atomic E-state index is -0.372. The summed E-state index contributed by atoms with van der Waals surface area (Å²) in [5.74, 6) is 0.614. The van der Waals surface area contributed by atoms with E-state index in [9.17, 15) is 4.79 Å². The lowest BCUT2D eigenvalue weighted by Crippen LogP contribution is -2.06. The first-order valence-corrected chi connectivity index (χ1v) is 8.08. The Hall–Kier alpha value is -3.48. The quantitative estimate of drug-likeness (QED) is 0.660. The van der Waals surface area contributed by atoms with E-state index in [1.165, 1.54) is 18.9 Å². The van der Waals surface area contributed by atoms with Gasteiger partial charge in [-0.3, -0.25) is 0 Å². The highest BCUT2D eigenvalue weighted by Crippen LogP contribution is 2.16. The highest BCUT2D eigenvalue weighted by molar-refractivity contribution is 5.89. The summed E-state index contributed by atoms with van der Waals surface area (Å²) in [7, 11) is 1.35. The summed E-state index contributed by atoms with van der Waals surface area (Å²) in [6, 6.07) is 15.1. The number of ether oxygens (including phenoxy) is 1. The second-order valence-corrected chi connectivity index (χ2v) is 5.70. The van der Waals surface area contributed by atoms with Crippen molar-refractivity contribution in [3.63, 3.8) is 0 Å². The number of benzene rings is 2. The Labute approximate surface area is 151 Å². The third kappa shape index (κ3) is 4.54. The van der Waals surface area contributed by atoms with Crippen LogP contribution in [0.5, 0.6) is 0 Å². The Morgan fingerprint density at radius 2 is 1.96 bits per heavy atom. The minimum absolute atomic E-state index is 0.372. The predicted molar refractivity (Wildman–Crippen MR) is 99.4 cm³/mol. The molecule has 2 N–H and O–H groups in total. The average Bonchev–Trinajstić information content (AvgIpc) is 2.67. The molecule has 2 aromatic carbocycles. The van der Waals surface area contributed by atoms with Gasteiger partial charge in [0, 0.05) is 12.2 Å². The van der Waals surface area contributed by atoms with Crippen LogP contribution in [0.4, 0.5) is 17.5 Å². The van der Waals surface area contributed by atoms with E-state index < -0.39 is 0 Å². The lowest BCUT2D eigenvalue weighted by Gasteiger charge is -2.08. The number of nitrogens with zero attached hydrogens (tertiary/aromatic N) is 3. The molecule has 0 aliphatic carbocycles. The Balaban J connectivity index is 1.64. The van der Waals surface area contributed by atoms with E-state index in [1.807, 2.05) is 12.1 Å². The molecular formula is C19H19N5O2. The third-order valence-corrected chi connectivity index (χ3v) is 3.67. The molecule has 1 aromatic heterocycles.